The van der Waals surface area contributed by atoms with Gasteiger partial charge in [-0.15, -0.1) is 0 Å². The summed E-state index contributed by atoms with van der Waals surface area (Å²) in [4.78, 5) is 8.04. The van der Waals surface area contributed by atoms with Gasteiger partial charge in [0.15, 0.2) is 0 Å². The van der Waals surface area contributed by atoms with E-state index in [9.17, 15) is 22.7 Å². The Morgan fingerprint density at radius 2 is 1.89 bits per heavy atom. The summed E-state index contributed by atoms with van der Waals surface area (Å²) in [6.45, 7) is 3.63. The van der Waals surface area contributed by atoms with E-state index < -0.39 is 34.9 Å². The Kier molecular flexibility index (Phi) is 3.67. The van der Waals surface area contributed by atoms with Gasteiger partial charge < -0.3 is 15.4 Å². The number of anilines is 1. The zero-order valence-electron chi connectivity index (χ0n) is 14.9. The highest BCUT2D eigenvalue weighted by Crippen LogP contribution is 2.68. The molecule has 146 valence electrons. The Bertz CT molecular complexity index is 885. The molecule has 3 fully saturated rings. The number of pyridine rings is 1. The van der Waals surface area contributed by atoms with Gasteiger partial charge in [-0.05, 0) is 12.0 Å². The number of rotatable bonds is 4. The molecule has 27 heavy (non-hydrogen) atoms. The largest absolute Gasteiger partial charge is 0.419 e. The van der Waals surface area contributed by atoms with E-state index in [1.807, 2.05) is 13.8 Å². The molecule has 0 unspecified atom stereocenters. The van der Waals surface area contributed by atoms with Gasteiger partial charge in [-0.1, -0.05) is 13.8 Å². The maximum atomic E-state index is 14.0. The molecule has 0 aliphatic heterocycles. The van der Waals surface area contributed by atoms with Crippen molar-refractivity contribution in [1.29, 1.82) is 0 Å². The van der Waals surface area contributed by atoms with E-state index in [2.05, 4.69) is 9.97 Å². The van der Waals surface area contributed by atoms with Gasteiger partial charge in [0.1, 0.15) is 23.4 Å². The summed E-state index contributed by atoms with van der Waals surface area (Å²) < 4.78 is 55.2. The predicted octanol–water partition coefficient (Wildman–Crippen LogP) is 3.84. The topological polar surface area (TPSA) is 77.0 Å². The minimum Gasteiger partial charge on any atom is -0.385 e. The first-order chi connectivity index (χ1) is 12.4. The molecule has 0 aromatic carbocycles. The highest BCUT2D eigenvalue weighted by molar-refractivity contribution is 5.62. The van der Waals surface area contributed by atoms with Crippen LogP contribution in [0.5, 0.6) is 0 Å². The molecule has 2 aromatic rings. The number of aromatic nitrogens is 3. The molecule has 3 N–H and O–H groups in total. The molecule has 2 bridgehead atoms. The van der Waals surface area contributed by atoms with Crippen molar-refractivity contribution in [2.45, 2.75) is 56.6 Å². The minimum absolute atomic E-state index is 0.147. The van der Waals surface area contributed by atoms with Gasteiger partial charge >= 0.3 is 6.18 Å². The summed E-state index contributed by atoms with van der Waals surface area (Å²) in [7, 11) is 0. The third-order valence-corrected chi connectivity index (χ3v) is 5.60. The van der Waals surface area contributed by atoms with Crippen LogP contribution in [0.1, 0.15) is 50.6 Å². The van der Waals surface area contributed by atoms with Crippen molar-refractivity contribution in [2.24, 2.45) is 5.92 Å². The van der Waals surface area contributed by atoms with Gasteiger partial charge in [0.05, 0.1) is 16.8 Å². The van der Waals surface area contributed by atoms with Crippen LogP contribution in [0.4, 0.5) is 23.4 Å². The molecule has 2 aromatic heterocycles. The van der Waals surface area contributed by atoms with Crippen LogP contribution in [-0.4, -0.2) is 25.3 Å². The van der Waals surface area contributed by atoms with Gasteiger partial charge in [-0.25, -0.2) is 14.4 Å². The predicted molar refractivity (Wildman–Crippen MR) is 90.3 cm³/mol. The first kappa shape index (κ1) is 18.2. The van der Waals surface area contributed by atoms with E-state index in [0.717, 1.165) is 6.07 Å². The lowest BCUT2D eigenvalue weighted by molar-refractivity contribution is -0.200. The van der Waals surface area contributed by atoms with E-state index in [4.69, 9.17) is 5.73 Å². The molecule has 0 saturated heterocycles. The van der Waals surface area contributed by atoms with Crippen molar-refractivity contribution in [3.8, 4) is 11.3 Å². The normalized spacial score (nSPS) is 28.0. The van der Waals surface area contributed by atoms with Gasteiger partial charge in [-0.3, -0.25) is 0 Å². The number of nitrogens with zero attached hydrogens (tertiary/aromatic N) is 3. The van der Waals surface area contributed by atoms with Gasteiger partial charge in [0.25, 0.3) is 0 Å². The monoisotopic (exact) mass is 384 g/mol. The Morgan fingerprint density at radius 1 is 1.26 bits per heavy atom. The van der Waals surface area contributed by atoms with Crippen molar-refractivity contribution in [3.63, 3.8) is 0 Å². The first-order valence-electron chi connectivity index (χ1n) is 8.74. The number of aliphatic hydroxyl groups excluding tert-OH is 1. The van der Waals surface area contributed by atoms with E-state index in [1.54, 1.807) is 10.8 Å². The minimum atomic E-state index is -4.63. The zero-order chi connectivity index (χ0) is 19.8. The highest BCUT2D eigenvalue weighted by atomic mass is 19.4. The van der Waals surface area contributed by atoms with Crippen LogP contribution >= 0.6 is 0 Å². The van der Waals surface area contributed by atoms with Crippen molar-refractivity contribution < 1.29 is 22.7 Å². The molecule has 3 saturated carbocycles. The van der Waals surface area contributed by atoms with Crippen molar-refractivity contribution in [3.05, 3.63) is 29.8 Å². The smallest absolute Gasteiger partial charge is 0.385 e. The Hall–Kier alpha value is -2.16. The highest BCUT2D eigenvalue weighted by Gasteiger charge is 2.70. The number of alkyl halides is 4. The Labute approximate surface area is 153 Å². The SMILES string of the molecule is CC(C)[C@H](O)c1nc(-c2cnc(N)c(C(F)(F)F)c2)cn1C12CC(F)(C1)C2. The van der Waals surface area contributed by atoms with Crippen LogP contribution in [0.15, 0.2) is 18.5 Å². The van der Waals surface area contributed by atoms with Crippen molar-refractivity contribution >= 4 is 5.82 Å². The summed E-state index contributed by atoms with van der Waals surface area (Å²) in [5.74, 6) is -0.417. The molecular weight excluding hydrogens is 364 g/mol. The third-order valence-electron chi connectivity index (χ3n) is 5.60. The number of halogens is 4. The number of nitrogens with two attached hydrogens (primary N) is 1. The summed E-state index contributed by atoms with van der Waals surface area (Å²) in [6, 6.07) is 0.902. The summed E-state index contributed by atoms with van der Waals surface area (Å²) in [6.07, 6.45) is -1.73. The van der Waals surface area contributed by atoms with Crippen LogP contribution in [0, 0.1) is 5.92 Å². The lowest BCUT2D eigenvalue weighted by Crippen LogP contribution is -2.70. The second-order valence-corrected chi connectivity index (χ2v) is 8.10. The van der Waals surface area contributed by atoms with Crippen molar-refractivity contribution in [1.82, 2.24) is 14.5 Å². The number of aliphatic hydroxyl groups is 1. The van der Waals surface area contributed by atoms with Gasteiger partial charge in [0, 0.05) is 37.2 Å². The molecule has 2 heterocycles. The number of nitrogen functional groups attached to an aromatic ring is 1. The molecule has 0 amide bonds. The van der Waals surface area contributed by atoms with Crippen molar-refractivity contribution in [2.75, 3.05) is 5.73 Å². The van der Waals surface area contributed by atoms with Gasteiger partial charge in [0.2, 0.25) is 0 Å². The molecule has 3 aliphatic carbocycles. The Morgan fingerprint density at radius 3 is 2.41 bits per heavy atom. The number of hydrogen-bond acceptors (Lipinski definition) is 4. The number of hydrogen-bond donors (Lipinski definition) is 2. The average molecular weight is 384 g/mol. The second-order valence-electron chi connectivity index (χ2n) is 8.10. The molecular formula is C18H20F4N4O. The van der Waals surface area contributed by atoms with Crippen LogP contribution in [0.2, 0.25) is 0 Å². The van der Waals surface area contributed by atoms with E-state index in [-0.39, 0.29) is 17.2 Å². The molecule has 3 aliphatic rings. The molecule has 0 spiro atoms. The maximum absolute atomic E-state index is 14.0. The fraction of sp³-hybridized carbons (Fsp3) is 0.556. The molecule has 0 radical (unpaired) electrons. The van der Waals surface area contributed by atoms with E-state index >= 15 is 0 Å². The standard InChI is InChI=1S/C18H20F4N4O/c1-9(2)13(27)15-25-12(5-26(15)17-6-16(19,7-17)8-17)10-3-11(18(20,21)22)14(23)24-4-10/h3-5,9,13,27H,6-8H2,1-2H3,(H2,23,24)/t13-,16?,17?/m0/s1. The Balaban J connectivity index is 1.79. The fourth-order valence-electron chi connectivity index (χ4n) is 4.13. The number of imidazole rings is 1. The molecule has 1 atom stereocenters. The quantitative estimate of drug-likeness (QED) is 0.786. The first-order valence-corrected chi connectivity index (χ1v) is 8.74. The second kappa shape index (κ2) is 5.43. The van der Waals surface area contributed by atoms with E-state index in [0.29, 0.717) is 25.1 Å². The third kappa shape index (κ3) is 2.70. The van der Waals surface area contributed by atoms with Crippen LogP contribution in [0.25, 0.3) is 11.3 Å². The van der Waals surface area contributed by atoms with Gasteiger partial charge in [-0.2, -0.15) is 13.2 Å². The van der Waals surface area contributed by atoms with Crippen LogP contribution in [-0.2, 0) is 11.7 Å². The summed E-state index contributed by atoms with van der Waals surface area (Å²) in [5.41, 5.74) is 3.12. The lowest BCUT2D eigenvalue weighted by Gasteiger charge is -2.66. The van der Waals surface area contributed by atoms with Crippen LogP contribution in [0.3, 0.4) is 0 Å². The summed E-state index contributed by atoms with van der Waals surface area (Å²) in [5, 5.41) is 10.5. The van der Waals surface area contributed by atoms with Crippen LogP contribution < -0.4 is 5.73 Å². The summed E-state index contributed by atoms with van der Waals surface area (Å²) >= 11 is 0. The lowest BCUT2D eigenvalue weighted by atomic mass is 9.47. The molecule has 5 nitrogen and oxygen atoms in total. The molecule has 9 heteroatoms. The van der Waals surface area contributed by atoms with E-state index in [1.165, 1.54) is 6.20 Å². The average Bonchev–Trinajstić information content (AvgIpc) is 2.94. The fourth-order valence-corrected chi connectivity index (χ4v) is 4.13. The maximum Gasteiger partial charge on any atom is 0.419 e. The molecule has 5 rings (SSSR count). The zero-order valence-corrected chi connectivity index (χ0v) is 14.9.